The van der Waals surface area contributed by atoms with E-state index in [-0.39, 0.29) is 24.4 Å². The number of aromatic nitrogens is 2. The molecule has 1 atom stereocenters. The normalized spacial score (nSPS) is 18.3. The zero-order valence-electron chi connectivity index (χ0n) is 13.9. The Morgan fingerprint density at radius 2 is 2.08 bits per heavy atom. The van der Waals surface area contributed by atoms with Gasteiger partial charge in [-0.15, -0.1) is 10.2 Å². The van der Waals surface area contributed by atoms with Crippen molar-refractivity contribution in [3.8, 4) is 0 Å². The Kier molecular flexibility index (Phi) is 5.30. The molecule has 0 spiro atoms. The zero-order chi connectivity index (χ0) is 18.7. The van der Waals surface area contributed by atoms with Gasteiger partial charge in [0.05, 0.1) is 11.3 Å². The minimum Gasteiger partial charge on any atom is -0.353 e. The molecule has 1 aromatic heterocycles. The molecule has 1 aliphatic rings. The summed E-state index contributed by atoms with van der Waals surface area (Å²) in [4.78, 5) is 24.6. The van der Waals surface area contributed by atoms with Crippen LogP contribution in [0.2, 0.25) is 0 Å². The van der Waals surface area contributed by atoms with E-state index in [2.05, 4.69) is 20.8 Å². The molecular weight excluding hydrogens is 378 g/mol. The summed E-state index contributed by atoms with van der Waals surface area (Å²) < 4.78 is 26.8. The largest absolute Gasteiger partial charge is 0.353 e. The SMILES string of the molecule is Cc1nnc(NC(=O)C[C@H]2C(=O)NCCN2S(=O)(=O)c2ccccc2)s1. The van der Waals surface area contributed by atoms with Crippen molar-refractivity contribution in [2.45, 2.75) is 24.3 Å². The lowest BCUT2D eigenvalue weighted by molar-refractivity contribution is -0.130. The molecule has 2 heterocycles. The van der Waals surface area contributed by atoms with Gasteiger partial charge < -0.3 is 10.6 Å². The molecule has 1 fully saturated rings. The highest BCUT2D eigenvalue weighted by Gasteiger charge is 2.39. The highest BCUT2D eigenvalue weighted by molar-refractivity contribution is 7.89. The van der Waals surface area contributed by atoms with E-state index in [1.54, 1.807) is 25.1 Å². The number of piperazine rings is 1. The summed E-state index contributed by atoms with van der Waals surface area (Å²) in [6.07, 6.45) is -0.309. The van der Waals surface area contributed by atoms with Gasteiger partial charge in [-0.05, 0) is 19.1 Å². The van der Waals surface area contributed by atoms with E-state index >= 15 is 0 Å². The molecule has 2 N–H and O–H groups in total. The van der Waals surface area contributed by atoms with Crippen LogP contribution in [0.3, 0.4) is 0 Å². The summed E-state index contributed by atoms with van der Waals surface area (Å²) in [5.74, 6) is -1.00. The molecule has 0 bridgehead atoms. The molecule has 11 heteroatoms. The predicted octanol–water partition coefficient (Wildman–Crippen LogP) is 0.364. The van der Waals surface area contributed by atoms with E-state index in [1.807, 2.05) is 0 Å². The zero-order valence-corrected chi connectivity index (χ0v) is 15.5. The van der Waals surface area contributed by atoms with E-state index in [0.717, 1.165) is 4.31 Å². The quantitative estimate of drug-likeness (QED) is 0.754. The molecule has 1 aromatic carbocycles. The van der Waals surface area contributed by atoms with E-state index in [4.69, 9.17) is 0 Å². The summed E-state index contributed by atoms with van der Waals surface area (Å²) in [6.45, 7) is 2.04. The second kappa shape index (κ2) is 7.48. The van der Waals surface area contributed by atoms with Crippen LogP contribution in [0.5, 0.6) is 0 Å². The van der Waals surface area contributed by atoms with Gasteiger partial charge in [-0.3, -0.25) is 9.59 Å². The van der Waals surface area contributed by atoms with Crippen LogP contribution in [0.1, 0.15) is 11.4 Å². The first kappa shape index (κ1) is 18.4. The maximum absolute atomic E-state index is 12.9. The van der Waals surface area contributed by atoms with E-state index in [1.165, 1.54) is 23.5 Å². The number of hydrogen-bond donors (Lipinski definition) is 2. The van der Waals surface area contributed by atoms with Gasteiger partial charge in [0.2, 0.25) is 27.0 Å². The van der Waals surface area contributed by atoms with Gasteiger partial charge in [0.1, 0.15) is 11.0 Å². The molecule has 2 aromatic rings. The van der Waals surface area contributed by atoms with Crippen LogP contribution in [0.25, 0.3) is 0 Å². The second-order valence-corrected chi connectivity index (χ2v) is 8.69. The fourth-order valence-electron chi connectivity index (χ4n) is 2.60. The van der Waals surface area contributed by atoms with Crippen LogP contribution < -0.4 is 10.6 Å². The Morgan fingerprint density at radius 1 is 1.35 bits per heavy atom. The molecule has 1 aliphatic heterocycles. The van der Waals surface area contributed by atoms with Gasteiger partial charge in [0, 0.05) is 13.1 Å². The molecular formula is C15H17N5O4S2. The molecule has 138 valence electrons. The average Bonchev–Trinajstić information content (AvgIpc) is 3.02. The molecule has 9 nitrogen and oxygen atoms in total. The van der Waals surface area contributed by atoms with Crippen molar-refractivity contribution in [2.24, 2.45) is 0 Å². The van der Waals surface area contributed by atoms with Crippen molar-refractivity contribution >= 4 is 38.3 Å². The van der Waals surface area contributed by atoms with Crippen LogP contribution in [-0.2, 0) is 19.6 Å². The third kappa shape index (κ3) is 3.89. The van der Waals surface area contributed by atoms with Gasteiger partial charge in [-0.25, -0.2) is 8.42 Å². The second-order valence-electron chi connectivity index (χ2n) is 5.61. The molecule has 26 heavy (non-hydrogen) atoms. The fraction of sp³-hybridized carbons (Fsp3) is 0.333. The number of nitrogens with zero attached hydrogens (tertiary/aromatic N) is 3. The van der Waals surface area contributed by atoms with Crippen molar-refractivity contribution in [1.29, 1.82) is 0 Å². The van der Waals surface area contributed by atoms with Crippen LogP contribution in [-0.4, -0.2) is 53.9 Å². The summed E-state index contributed by atoms with van der Waals surface area (Å²) in [6, 6.07) is 6.72. The number of nitrogens with one attached hydrogen (secondary N) is 2. The van der Waals surface area contributed by atoms with Crippen molar-refractivity contribution in [2.75, 3.05) is 18.4 Å². The first-order valence-corrected chi connectivity index (χ1v) is 10.1. The van der Waals surface area contributed by atoms with E-state index < -0.39 is 27.9 Å². The van der Waals surface area contributed by atoms with Gasteiger partial charge in [-0.2, -0.15) is 4.31 Å². The van der Waals surface area contributed by atoms with Crippen molar-refractivity contribution in [1.82, 2.24) is 19.8 Å². The van der Waals surface area contributed by atoms with Crippen molar-refractivity contribution < 1.29 is 18.0 Å². The van der Waals surface area contributed by atoms with E-state index in [9.17, 15) is 18.0 Å². The highest BCUT2D eigenvalue weighted by atomic mass is 32.2. The maximum Gasteiger partial charge on any atom is 0.243 e. The number of benzene rings is 1. The maximum atomic E-state index is 12.9. The molecule has 1 saturated heterocycles. The Balaban J connectivity index is 1.80. The van der Waals surface area contributed by atoms with E-state index in [0.29, 0.717) is 10.1 Å². The topological polar surface area (TPSA) is 121 Å². The average molecular weight is 395 g/mol. The number of carbonyl (C=O) groups excluding carboxylic acids is 2. The van der Waals surface area contributed by atoms with Gasteiger partial charge in [0.25, 0.3) is 0 Å². The van der Waals surface area contributed by atoms with Crippen LogP contribution >= 0.6 is 11.3 Å². The summed E-state index contributed by atoms with van der Waals surface area (Å²) >= 11 is 1.20. The highest BCUT2D eigenvalue weighted by Crippen LogP contribution is 2.22. The Bertz CT molecular complexity index is 913. The Hall–Kier alpha value is -2.37. The third-order valence-electron chi connectivity index (χ3n) is 3.78. The van der Waals surface area contributed by atoms with Gasteiger partial charge in [0.15, 0.2) is 0 Å². The van der Waals surface area contributed by atoms with Gasteiger partial charge >= 0.3 is 0 Å². The fourth-order valence-corrected chi connectivity index (χ4v) is 4.81. The number of sulfonamides is 1. The molecule has 0 unspecified atom stereocenters. The number of rotatable bonds is 5. The van der Waals surface area contributed by atoms with Crippen LogP contribution in [0, 0.1) is 6.92 Å². The Labute approximate surface area is 154 Å². The first-order chi connectivity index (χ1) is 12.4. The minimum absolute atomic E-state index is 0.0832. The Morgan fingerprint density at radius 3 is 2.73 bits per heavy atom. The minimum atomic E-state index is -3.89. The number of hydrogen-bond acceptors (Lipinski definition) is 7. The summed E-state index contributed by atoms with van der Waals surface area (Å²) in [7, 11) is -3.89. The molecule has 0 aliphatic carbocycles. The molecule has 0 radical (unpaired) electrons. The smallest absolute Gasteiger partial charge is 0.243 e. The monoisotopic (exact) mass is 395 g/mol. The van der Waals surface area contributed by atoms with Crippen molar-refractivity contribution in [3.63, 3.8) is 0 Å². The van der Waals surface area contributed by atoms with Crippen molar-refractivity contribution in [3.05, 3.63) is 35.3 Å². The van der Waals surface area contributed by atoms with Gasteiger partial charge in [-0.1, -0.05) is 29.5 Å². The number of amides is 2. The molecule has 0 saturated carbocycles. The lowest BCUT2D eigenvalue weighted by atomic mass is 10.1. The summed E-state index contributed by atoms with van der Waals surface area (Å²) in [5.41, 5.74) is 0. The number of carbonyl (C=O) groups is 2. The van der Waals surface area contributed by atoms with Crippen LogP contribution in [0.4, 0.5) is 5.13 Å². The predicted molar refractivity (Wildman–Crippen MR) is 95.0 cm³/mol. The lowest BCUT2D eigenvalue weighted by Crippen LogP contribution is -2.57. The standard InChI is InChI=1S/C15H17N5O4S2/c1-10-18-19-15(25-10)17-13(21)9-12-14(22)16-7-8-20(12)26(23,24)11-5-3-2-4-6-11/h2-6,12H,7-9H2,1H3,(H,16,22)(H,17,19,21)/t12-/m0/s1. The lowest BCUT2D eigenvalue weighted by Gasteiger charge is -2.33. The summed E-state index contributed by atoms with van der Waals surface area (Å²) in [5, 5.41) is 13.7. The number of aryl methyl sites for hydroxylation is 1. The first-order valence-electron chi connectivity index (χ1n) is 7.82. The number of anilines is 1. The third-order valence-corrected chi connectivity index (χ3v) is 6.46. The molecule has 3 rings (SSSR count). The van der Waals surface area contributed by atoms with Crippen LogP contribution in [0.15, 0.2) is 35.2 Å². The molecule has 2 amide bonds.